The van der Waals surface area contributed by atoms with Crippen molar-refractivity contribution in [1.82, 2.24) is 19.9 Å². The molecule has 12 nitrogen and oxygen atoms in total. The van der Waals surface area contributed by atoms with Crippen molar-refractivity contribution in [2.45, 2.75) is 58.8 Å². The zero-order valence-corrected chi connectivity index (χ0v) is 29.6. The molecule has 268 valence electrons. The number of aliphatic hydroxyl groups is 1. The number of nitrogens with one attached hydrogen (secondary N) is 2. The number of carbonyl (C=O) groups is 4. The fourth-order valence-electron chi connectivity index (χ4n) is 7.71. The van der Waals surface area contributed by atoms with Crippen LogP contribution in [0.3, 0.4) is 0 Å². The summed E-state index contributed by atoms with van der Waals surface area (Å²) < 4.78 is 5.07. The first kappa shape index (κ1) is 35.9. The van der Waals surface area contributed by atoms with Gasteiger partial charge >= 0.3 is 17.9 Å². The molecule has 0 amide bonds. The summed E-state index contributed by atoms with van der Waals surface area (Å²) in [4.78, 5) is 67.1. The summed E-state index contributed by atoms with van der Waals surface area (Å²) in [5.74, 6) is -4.31. The van der Waals surface area contributed by atoms with E-state index in [-0.39, 0.29) is 31.3 Å². The van der Waals surface area contributed by atoms with Gasteiger partial charge in [0.15, 0.2) is 5.78 Å². The minimum absolute atomic E-state index is 0.0935. The summed E-state index contributed by atoms with van der Waals surface area (Å²) in [5.41, 5.74) is 9.08. The number of carbonyl (C=O) groups excluding carboxylic acids is 2. The third-order valence-electron chi connectivity index (χ3n) is 10.5. The normalized spacial score (nSPS) is 18.7. The lowest BCUT2D eigenvalue weighted by molar-refractivity contribution is -0.139. The Kier molecular flexibility index (Phi) is 9.45. The molecule has 2 atom stereocenters. The number of methoxy groups -OCH3 is 1. The van der Waals surface area contributed by atoms with Crippen LogP contribution in [0.2, 0.25) is 0 Å². The monoisotopic (exact) mass is 704 g/mol. The molecule has 2 aromatic heterocycles. The van der Waals surface area contributed by atoms with Crippen LogP contribution >= 0.6 is 0 Å². The number of aromatic nitrogens is 4. The third-order valence-corrected chi connectivity index (χ3v) is 10.5. The SMILES string of the molecule is C=CC1=C(C)c2cc3[nH]c(cc4nc(cc5[nH]c(cc1n2)c(C)c5CCC(=O)O)C(CCC(=O)O)=C4C)[C@]1(C)C3=CC=C(C(=O)OC)C1C(=O)CO. The lowest BCUT2D eigenvalue weighted by Crippen LogP contribution is -2.42. The number of fused-ring (bicyclic) bond motifs is 11. The summed E-state index contributed by atoms with van der Waals surface area (Å²) >= 11 is 0. The predicted molar refractivity (Wildman–Crippen MR) is 196 cm³/mol. The molecule has 4 aliphatic rings. The molecule has 12 heteroatoms. The molecule has 0 fully saturated rings. The van der Waals surface area contributed by atoms with Gasteiger partial charge in [0.1, 0.15) is 6.61 Å². The molecule has 8 bridgehead atoms. The lowest BCUT2D eigenvalue weighted by atomic mass is 9.63. The van der Waals surface area contributed by atoms with Crippen LogP contribution in [0.1, 0.15) is 85.3 Å². The summed E-state index contributed by atoms with van der Waals surface area (Å²) in [5, 5.41) is 29.4. The van der Waals surface area contributed by atoms with Crippen molar-refractivity contribution in [3.8, 4) is 0 Å². The number of ketones is 1. The van der Waals surface area contributed by atoms with Crippen molar-refractivity contribution in [1.29, 1.82) is 0 Å². The van der Waals surface area contributed by atoms with E-state index >= 15 is 0 Å². The van der Waals surface area contributed by atoms with Crippen molar-refractivity contribution in [2.75, 3.05) is 13.7 Å². The van der Waals surface area contributed by atoms with Crippen LogP contribution in [-0.4, -0.2) is 72.7 Å². The van der Waals surface area contributed by atoms with Crippen molar-refractivity contribution in [3.63, 3.8) is 0 Å². The van der Waals surface area contributed by atoms with E-state index in [1.165, 1.54) is 7.11 Å². The number of esters is 1. The van der Waals surface area contributed by atoms with E-state index in [9.17, 15) is 34.5 Å². The Hall–Kier alpha value is -5.88. The average Bonchev–Trinajstić information content (AvgIpc) is 3.76. The highest BCUT2D eigenvalue weighted by molar-refractivity contribution is 6.04. The fourth-order valence-corrected chi connectivity index (χ4v) is 7.71. The number of carboxylic acid groups (broad SMARTS) is 2. The summed E-state index contributed by atoms with van der Waals surface area (Å²) in [6, 6.07) is 7.39. The van der Waals surface area contributed by atoms with Crippen LogP contribution in [0, 0.1) is 12.8 Å². The zero-order chi connectivity index (χ0) is 37.6. The second kappa shape index (κ2) is 13.7. The molecule has 0 radical (unpaired) electrons. The Morgan fingerprint density at radius 1 is 0.885 bits per heavy atom. The van der Waals surface area contributed by atoms with Crippen molar-refractivity contribution in [2.24, 2.45) is 5.92 Å². The van der Waals surface area contributed by atoms with Crippen LogP contribution in [0.15, 0.2) is 54.6 Å². The van der Waals surface area contributed by atoms with Gasteiger partial charge in [0.05, 0.1) is 35.8 Å². The number of allylic oxidation sites excluding steroid dienone is 8. The first-order valence-electron chi connectivity index (χ1n) is 16.9. The van der Waals surface area contributed by atoms with E-state index in [0.29, 0.717) is 50.8 Å². The molecule has 2 aromatic rings. The molecule has 52 heavy (non-hydrogen) atoms. The maximum atomic E-state index is 13.6. The number of nitrogens with zero attached hydrogens (tertiary/aromatic N) is 2. The highest BCUT2D eigenvalue weighted by Gasteiger charge is 2.52. The van der Waals surface area contributed by atoms with Gasteiger partial charge in [0, 0.05) is 51.8 Å². The first-order chi connectivity index (χ1) is 24.7. The predicted octanol–water partition coefficient (Wildman–Crippen LogP) is 5.91. The van der Waals surface area contributed by atoms with E-state index in [0.717, 1.165) is 33.4 Å². The quantitative estimate of drug-likeness (QED) is 0.186. The number of carboxylic acids is 2. The number of hydrogen-bond donors (Lipinski definition) is 5. The van der Waals surface area contributed by atoms with Gasteiger partial charge < -0.3 is 30.0 Å². The molecule has 6 rings (SSSR count). The minimum Gasteiger partial charge on any atom is -0.481 e. The molecule has 0 saturated carbocycles. The number of rotatable bonds is 10. The molecular formula is C40H40N4O8. The van der Waals surface area contributed by atoms with Crippen LogP contribution in [-0.2, 0) is 35.8 Å². The van der Waals surface area contributed by atoms with Gasteiger partial charge in [-0.05, 0) is 98.2 Å². The van der Waals surface area contributed by atoms with E-state index in [2.05, 4.69) is 16.5 Å². The Labute approximate surface area is 299 Å². The summed E-state index contributed by atoms with van der Waals surface area (Å²) in [6.45, 7) is 10.8. The van der Waals surface area contributed by atoms with Gasteiger partial charge in [-0.15, -0.1) is 0 Å². The molecule has 1 unspecified atom stereocenters. The number of aryl methyl sites for hydroxylation is 2. The second-order valence-corrected chi connectivity index (χ2v) is 13.4. The maximum absolute atomic E-state index is 13.6. The fraction of sp³-hybridized carbons (Fsp3) is 0.300. The van der Waals surface area contributed by atoms with E-state index < -0.39 is 41.6 Å². The van der Waals surface area contributed by atoms with Gasteiger partial charge in [-0.3, -0.25) is 14.4 Å². The molecule has 0 spiro atoms. The first-order valence-corrected chi connectivity index (χ1v) is 16.9. The van der Waals surface area contributed by atoms with E-state index in [1.54, 1.807) is 24.3 Å². The van der Waals surface area contributed by atoms with Crippen molar-refractivity contribution >= 4 is 62.6 Å². The van der Waals surface area contributed by atoms with E-state index in [4.69, 9.17) is 14.7 Å². The third kappa shape index (κ3) is 5.98. The molecule has 5 heterocycles. The smallest absolute Gasteiger partial charge is 0.334 e. The molecule has 3 aliphatic heterocycles. The van der Waals surface area contributed by atoms with Crippen LogP contribution in [0.5, 0.6) is 0 Å². The van der Waals surface area contributed by atoms with Crippen molar-refractivity contribution in [3.05, 3.63) is 99.9 Å². The number of ether oxygens (including phenoxy) is 1. The highest BCUT2D eigenvalue weighted by atomic mass is 16.5. The van der Waals surface area contributed by atoms with Crippen LogP contribution < -0.4 is 0 Å². The topological polar surface area (TPSA) is 196 Å². The number of aliphatic carboxylic acids is 2. The number of aliphatic hydroxyl groups excluding tert-OH is 1. The van der Waals surface area contributed by atoms with Gasteiger partial charge in [0.25, 0.3) is 0 Å². The number of H-pyrrole nitrogens is 2. The molecule has 5 N–H and O–H groups in total. The number of hydrogen-bond acceptors (Lipinski definition) is 8. The largest absolute Gasteiger partial charge is 0.481 e. The average molecular weight is 705 g/mol. The van der Waals surface area contributed by atoms with Crippen LogP contribution in [0.4, 0.5) is 0 Å². The molecule has 1 aliphatic carbocycles. The van der Waals surface area contributed by atoms with Gasteiger partial charge in [-0.25, -0.2) is 14.8 Å². The zero-order valence-electron chi connectivity index (χ0n) is 29.6. The van der Waals surface area contributed by atoms with Gasteiger partial charge in [0.2, 0.25) is 0 Å². The van der Waals surface area contributed by atoms with Gasteiger partial charge in [-0.1, -0.05) is 24.8 Å². The minimum atomic E-state index is -1.19. The Bertz CT molecular complexity index is 2300. The lowest BCUT2D eigenvalue weighted by Gasteiger charge is -2.37. The standard InChI is InChI=1S/C40H40N4O8/c1-7-22-19(2)28-15-33-26-11-8-25(39(51)52-6)38(34(46)18-45)40(26,5)35(44-33)17-29-21(4)24(10-13-37(49)50)32(43-29)16-31-23(9-12-36(47)48)20(3)27(42-31)14-30(22)41-28/h7-8,11,14-17,38,42,44-45H,1,9-10,12-13,18H2,2-6H3,(H,47,48)(H,49,50)/t38?,40-/m0/s1. The maximum Gasteiger partial charge on any atom is 0.334 e. The molecular weight excluding hydrogens is 664 g/mol. The highest BCUT2D eigenvalue weighted by Crippen LogP contribution is 2.52. The Morgan fingerprint density at radius 3 is 2.19 bits per heavy atom. The Morgan fingerprint density at radius 2 is 1.54 bits per heavy atom. The van der Waals surface area contributed by atoms with E-state index in [1.807, 2.05) is 45.9 Å². The Balaban J connectivity index is 1.77. The molecule has 0 saturated heterocycles. The van der Waals surface area contributed by atoms with Gasteiger partial charge in [-0.2, -0.15) is 0 Å². The molecule has 0 aromatic carbocycles. The number of Topliss-reactive ketones (excluding diaryl/α,β-unsaturated/α-hetero) is 1. The van der Waals surface area contributed by atoms with Crippen LogP contribution in [0.25, 0.3) is 38.9 Å². The number of aromatic amines is 2. The second-order valence-electron chi connectivity index (χ2n) is 13.4. The van der Waals surface area contributed by atoms with Crippen molar-refractivity contribution < 1.29 is 39.2 Å². The summed E-state index contributed by atoms with van der Waals surface area (Å²) in [7, 11) is 1.23. The summed E-state index contributed by atoms with van der Waals surface area (Å²) in [6.07, 6.45) is 5.22.